The molecule has 0 aromatic rings. The van der Waals surface area contributed by atoms with E-state index in [9.17, 15) is 4.79 Å². The zero-order chi connectivity index (χ0) is 8.48. The minimum Gasteiger partial charge on any atom is -0.465 e. The molecule has 0 aromatic heterocycles. The van der Waals surface area contributed by atoms with E-state index in [4.69, 9.17) is 10.5 Å². The van der Waals surface area contributed by atoms with Crippen LogP contribution < -0.4 is 5.73 Å². The average Bonchev–Trinajstić information content (AvgIpc) is 2.64. The summed E-state index contributed by atoms with van der Waals surface area (Å²) in [6.07, 6.45) is 2.38. The van der Waals surface area contributed by atoms with E-state index >= 15 is 0 Å². The second-order valence-electron chi connectivity index (χ2n) is 2.81. The van der Waals surface area contributed by atoms with Gasteiger partial charge >= 0.3 is 5.97 Å². The maximum Gasteiger partial charge on any atom is 0.326 e. The summed E-state index contributed by atoms with van der Waals surface area (Å²) in [6, 6.07) is 0. The summed E-state index contributed by atoms with van der Waals surface area (Å²) in [5.41, 5.74) is 4.93. The highest BCUT2D eigenvalue weighted by Crippen LogP contribution is 2.42. The molecular formula is C8H14ClNO2. The molecule has 1 rings (SSSR count). The standard InChI is InChI=1S/C8H13NO2.ClH/c1-3-6-5-8(6,9)7(10)11-4-2;/h3,6H,1,4-5,9H2,2H3;1H/t6-,8?;/m1./s1. The molecule has 1 saturated carbocycles. The molecule has 0 heterocycles. The van der Waals surface area contributed by atoms with Gasteiger partial charge in [0.25, 0.3) is 0 Å². The van der Waals surface area contributed by atoms with Crippen molar-refractivity contribution in [3.05, 3.63) is 12.7 Å². The Morgan fingerprint density at radius 3 is 2.83 bits per heavy atom. The zero-order valence-corrected chi connectivity index (χ0v) is 7.89. The van der Waals surface area contributed by atoms with Gasteiger partial charge in [0.15, 0.2) is 0 Å². The van der Waals surface area contributed by atoms with Gasteiger partial charge in [0.05, 0.1) is 6.61 Å². The van der Waals surface area contributed by atoms with Crippen LogP contribution in [0.2, 0.25) is 0 Å². The Balaban J connectivity index is 0.00000121. The number of halogens is 1. The summed E-state index contributed by atoms with van der Waals surface area (Å²) >= 11 is 0. The predicted octanol–water partition coefficient (Wildman–Crippen LogP) is 0.875. The molecule has 2 N–H and O–H groups in total. The molecule has 0 saturated heterocycles. The van der Waals surface area contributed by atoms with Crippen molar-refractivity contribution in [3.63, 3.8) is 0 Å². The Bertz CT molecular complexity index is 195. The van der Waals surface area contributed by atoms with Crippen molar-refractivity contribution >= 4 is 18.4 Å². The second-order valence-corrected chi connectivity index (χ2v) is 2.81. The number of rotatable bonds is 3. The molecule has 1 aliphatic carbocycles. The first-order chi connectivity index (χ1) is 5.15. The van der Waals surface area contributed by atoms with Gasteiger partial charge in [-0.1, -0.05) is 6.08 Å². The fraction of sp³-hybridized carbons (Fsp3) is 0.625. The third-order valence-electron chi connectivity index (χ3n) is 2.00. The quantitative estimate of drug-likeness (QED) is 0.532. The van der Waals surface area contributed by atoms with Gasteiger partial charge in [-0.05, 0) is 13.3 Å². The number of esters is 1. The lowest BCUT2D eigenvalue weighted by atomic mass is 10.2. The van der Waals surface area contributed by atoms with Crippen LogP contribution in [0.15, 0.2) is 12.7 Å². The van der Waals surface area contributed by atoms with Crippen LogP contribution in [0.1, 0.15) is 13.3 Å². The van der Waals surface area contributed by atoms with E-state index in [1.54, 1.807) is 13.0 Å². The highest BCUT2D eigenvalue weighted by molar-refractivity contribution is 5.85. The number of nitrogens with two attached hydrogens (primary N) is 1. The van der Waals surface area contributed by atoms with Crippen LogP contribution in [-0.4, -0.2) is 18.1 Å². The van der Waals surface area contributed by atoms with Gasteiger partial charge in [-0.15, -0.1) is 19.0 Å². The Labute approximate surface area is 78.4 Å². The smallest absolute Gasteiger partial charge is 0.326 e. The molecule has 2 atom stereocenters. The molecule has 0 amide bonds. The number of carbonyl (C=O) groups is 1. The van der Waals surface area contributed by atoms with Crippen LogP contribution in [0.3, 0.4) is 0 Å². The number of carbonyl (C=O) groups excluding carboxylic acids is 1. The fourth-order valence-corrected chi connectivity index (χ4v) is 1.10. The van der Waals surface area contributed by atoms with Crippen molar-refractivity contribution in [2.24, 2.45) is 11.7 Å². The third-order valence-corrected chi connectivity index (χ3v) is 2.00. The summed E-state index contributed by atoms with van der Waals surface area (Å²) in [5, 5.41) is 0. The van der Waals surface area contributed by atoms with E-state index in [-0.39, 0.29) is 24.3 Å². The Morgan fingerprint density at radius 1 is 1.92 bits per heavy atom. The lowest BCUT2D eigenvalue weighted by Crippen LogP contribution is -2.36. The monoisotopic (exact) mass is 191 g/mol. The highest BCUT2D eigenvalue weighted by atomic mass is 35.5. The maximum atomic E-state index is 11.1. The van der Waals surface area contributed by atoms with E-state index in [1.165, 1.54) is 0 Å². The minimum atomic E-state index is -0.752. The molecule has 1 aliphatic rings. The van der Waals surface area contributed by atoms with Crippen LogP contribution in [0.5, 0.6) is 0 Å². The summed E-state index contributed by atoms with van der Waals surface area (Å²) in [7, 11) is 0. The summed E-state index contributed by atoms with van der Waals surface area (Å²) in [6.45, 7) is 5.73. The number of ether oxygens (including phenoxy) is 1. The lowest BCUT2D eigenvalue weighted by Gasteiger charge is -2.07. The molecule has 0 aliphatic heterocycles. The molecular weight excluding hydrogens is 178 g/mol. The normalized spacial score (nSPS) is 31.7. The van der Waals surface area contributed by atoms with Gasteiger partial charge in [0, 0.05) is 5.92 Å². The molecule has 0 radical (unpaired) electrons. The van der Waals surface area contributed by atoms with Crippen LogP contribution in [0.4, 0.5) is 0 Å². The van der Waals surface area contributed by atoms with Crippen molar-refractivity contribution in [2.75, 3.05) is 6.61 Å². The van der Waals surface area contributed by atoms with Gasteiger partial charge in [-0.2, -0.15) is 0 Å². The van der Waals surface area contributed by atoms with Crippen LogP contribution >= 0.6 is 12.4 Å². The SMILES string of the molecule is C=C[C@@H]1CC1(N)C(=O)OCC.Cl. The molecule has 70 valence electrons. The van der Waals surface area contributed by atoms with Crippen molar-refractivity contribution in [3.8, 4) is 0 Å². The van der Waals surface area contributed by atoms with Gasteiger partial charge in [-0.25, -0.2) is 0 Å². The maximum absolute atomic E-state index is 11.1. The molecule has 1 fully saturated rings. The van der Waals surface area contributed by atoms with Crippen LogP contribution in [0.25, 0.3) is 0 Å². The van der Waals surface area contributed by atoms with Crippen molar-refractivity contribution in [2.45, 2.75) is 18.9 Å². The molecule has 4 heteroatoms. The molecule has 0 aromatic carbocycles. The fourth-order valence-electron chi connectivity index (χ4n) is 1.10. The van der Waals surface area contributed by atoms with E-state index in [2.05, 4.69) is 6.58 Å². The molecule has 0 bridgehead atoms. The first kappa shape index (κ1) is 11.5. The molecule has 3 nitrogen and oxygen atoms in total. The third kappa shape index (κ3) is 1.79. The van der Waals surface area contributed by atoms with E-state index < -0.39 is 5.54 Å². The first-order valence-electron chi connectivity index (χ1n) is 3.73. The van der Waals surface area contributed by atoms with Gasteiger partial charge < -0.3 is 10.5 Å². The second kappa shape index (κ2) is 3.92. The summed E-state index contributed by atoms with van der Waals surface area (Å²) < 4.78 is 4.79. The molecule has 0 spiro atoms. The van der Waals surface area contributed by atoms with Gasteiger partial charge in [0.1, 0.15) is 5.54 Å². The number of hydrogen-bond acceptors (Lipinski definition) is 3. The van der Waals surface area contributed by atoms with Crippen molar-refractivity contribution in [1.82, 2.24) is 0 Å². The first-order valence-corrected chi connectivity index (χ1v) is 3.73. The predicted molar refractivity (Wildman–Crippen MR) is 49.1 cm³/mol. The van der Waals surface area contributed by atoms with Gasteiger partial charge in [-0.3, -0.25) is 4.79 Å². The van der Waals surface area contributed by atoms with Crippen molar-refractivity contribution in [1.29, 1.82) is 0 Å². The summed E-state index contributed by atoms with van der Waals surface area (Å²) in [5.74, 6) is -0.188. The van der Waals surface area contributed by atoms with Crippen molar-refractivity contribution < 1.29 is 9.53 Å². The Morgan fingerprint density at radius 2 is 2.50 bits per heavy atom. The largest absolute Gasteiger partial charge is 0.465 e. The topological polar surface area (TPSA) is 52.3 Å². The average molecular weight is 192 g/mol. The molecule has 12 heavy (non-hydrogen) atoms. The van der Waals surface area contributed by atoms with E-state index in [0.717, 1.165) is 0 Å². The molecule has 1 unspecified atom stereocenters. The Kier molecular flexibility index (Phi) is 3.74. The summed E-state index contributed by atoms with van der Waals surface area (Å²) in [4.78, 5) is 11.1. The highest BCUT2D eigenvalue weighted by Gasteiger charge is 2.56. The number of hydrogen-bond donors (Lipinski definition) is 1. The van der Waals surface area contributed by atoms with E-state index in [1.807, 2.05) is 0 Å². The zero-order valence-electron chi connectivity index (χ0n) is 7.08. The Hall–Kier alpha value is -0.540. The van der Waals surface area contributed by atoms with E-state index in [0.29, 0.717) is 13.0 Å². The van der Waals surface area contributed by atoms with Gasteiger partial charge in [0.2, 0.25) is 0 Å². The van der Waals surface area contributed by atoms with Crippen LogP contribution in [0, 0.1) is 5.92 Å². The minimum absolute atomic E-state index is 0. The van der Waals surface area contributed by atoms with Crippen LogP contribution in [-0.2, 0) is 9.53 Å². The lowest BCUT2D eigenvalue weighted by molar-refractivity contribution is -0.146.